The molecule has 112 valence electrons. The van der Waals surface area contributed by atoms with Gasteiger partial charge in [0.1, 0.15) is 6.54 Å². The first-order valence-electron chi connectivity index (χ1n) is 6.69. The van der Waals surface area contributed by atoms with Gasteiger partial charge in [-0.15, -0.1) is 0 Å². The van der Waals surface area contributed by atoms with Crippen LogP contribution in [0, 0.1) is 0 Å². The summed E-state index contributed by atoms with van der Waals surface area (Å²) in [6.07, 6.45) is 1.21. The smallest absolute Gasteiger partial charge is 0.269 e. The van der Waals surface area contributed by atoms with Crippen LogP contribution in [0.1, 0.15) is 13.8 Å². The fraction of sp³-hybridized carbons (Fsp3) is 0.400. The third-order valence-corrected chi connectivity index (χ3v) is 3.10. The molecule has 0 unspecified atom stereocenters. The van der Waals surface area contributed by atoms with E-state index in [9.17, 15) is 14.7 Å². The molecule has 1 aromatic heterocycles. The van der Waals surface area contributed by atoms with Crippen molar-refractivity contribution < 1.29 is 9.90 Å². The predicted molar refractivity (Wildman–Crippen MR) is 79.9 cm³/mol. The van der Waals surface area contributed by atoms with Crippen molar-refractivity contribution in [1.82, 2.24) is 14.5 Å². The van der Waals surface area contributed by atoms with Crippen molar-refractivity contribution >= 4 is 16.9 Å². The number of carbonyl (C=O) groups is 1. The minimum Gasteiger partial charge on any atom is -0.389 e. The highest BCUT2D eigenvalue weighted by atomic mass is 16.3. The van der Waals surface area contributed by atoms with E-state index in [2.05, 4.69) is 4.98 Å². The van der Waals surface area contributed by atoms with Crippen LogP contribution in [0.15, 0.2) is 35.3 Å². The average Bonchev–Trinajstić information content (AvgIpc) is 2.40. The summed E-state index contributed by atoms with van der Waals surface area (Å²) in [5.74, 6) is -0.240. The van der Waals surface area contributed by atoms with Gasteiger partial charge in [-0.2, -0.15) is 0 Å². The maximum absolute atomic E-state index is 12.2. The van der Waals surface area contributed by atoms with E-state index in [0.717, 1.165) is 0 Å². The van der Waals surface area contributed by atoms with Crippen LogP contribution >= 0.6 is 0 Å². The minimum absolute atomic E-state index is 0.0750. The van der Waals surface area contributed by atoms with Gasteiger partial charge in [0, 0.05) is 13.6 Å². The molecule has 0 aliphatic rings. The number of rotatable bonds is 4. The highest BCUT2D eigenvalue weighted by Crippen LogP contribution is 2.09. The molecule has 0 aliphatic heterocycles. The van der Waals surface area contributed by atoms with E-state index in [1.165, 1.54) is 15.7 Å². The van der Waals surface area contributed by atoms with E-state index in [0.29, 0.717) is 11.0 Å². The van der Waals surface area contributed by atoms with Crippen molar-refractivity contribution in [3.63, 3.8) is 0 Å². The SMILES string of the molecule is CN(CC(C)(C)O)C(=O)Cn1c(=O)cnc2ccccc21. The van der Waals surface area contributed by atoms with E-state index in [4.69, 9.17) is 0 Å². The molecule has 0 saturated carbocycles. The molecule has 1 heterocycles. The normalized spacial score (nSPS) is 11.6. The van der Waals surface area contributed by atoms with Crippen molar-refractivity contribution in [2.24, 2.45) is 0 Å². The molecule has 0 spiro atoms. The molecule has 0 saturated heterocycles. The molecule has 1 N–H and O–H groups in total. The predicted octanol–water partition coefficient (Wildman–Crippen LogP) is 0.626. The number of amides is 1. The van der Waals surface area contributed by atoms with Gasteiger partial charge in [0.05, 0.1) is 22.8 Å². The summed E-state index contributed by atoms with van der Waals surface area (Å²) in [6.45, 7) is 3.38. The first kappa shape index (κ1) is 15.2. The first-order chi connectivity index (χ1) is 9.78. The van der Waals surface area contributed by atoms with Crippen LogP contribution in [0.4, 0.5) is 0 Å². The summed E-state index contributed by atoms with van der Waals surface area (Å²) < 4.78 is 1.39. The molecule has 6 nitrogen and oxygen atoms in total. The highest BCUT2D eigenvalue weighted by molar-refractivity contribution is 5.79. The maximum atomic E-state index is 12.2. The second-order valence-electron chi connectivity index (χ2n) is 5.73. The number of likely N-dealkylation sites (N-methyl/N-ethyl adjacent to an activating group) is 1. The van der Waals surface area contributed by atoms with Gasteiger partial charge in [0.25, 0.3) is 5.56 Å². The van der Waals surface area contributed by atoms with Crippen LogP contribution in [-0.2, 0) is 11.3 Å². The van der Waals surface area contributed by atoms with Crippen LogP contribution < -0.4 is 5.56 Å². The number of benzene rings is 1. The summed E-state index contributed by atoms with van der Waals surface area (Å²) in [5.41, 5.74) is -0.0147. The van der Waals surface area contributed by atoms with Crippen LogP contribution in [0.3, 0.4) is 0 Å². The standard InChI is InChI=1S/C15H19N3O3/c1-15(2,21)10-17(3)14(20)9-18-12-7-5-4-6-11(12)16-8-13(18)19/h4-8,21H,9-10H2,1-3H3. The van der Waals surface area contributed by atoms with Gasteiger partial charge in [0.2, 0.25) is 5.91 Å². The second-order valence-corrected chi connectivity index (χ2v) is 5.73. The Balaban J connectivity index is 2.29. The van der Waals surface area contributed by atoms with E-state index in [-0.39, 0.29) is 24.6 Å². The number of hydrogen-bond acceptors (Lipinski definition) is 4. The molecule has 0 aliphatic carbocycles. The lowest BCUT2D eigenvalue weighted by Crippen LogP contribution is -2.42. The van der Waals surface area contributed by atoms with Gasteiger partial charge >= 0.3 is 0 Å². The lowest BCUT2D eigenvalue weighted by Gasteiger charge is -2.26. The minimum atomic E-state index is -0.977. The van der Waals surface area contributed by atoms with Crippen LogP contribution in [0.2, 0.25) is 0 Å². The molecule has 0 fully saturated rings. The monoisotopic (exact) mass is 289 g/mol. The summed E-state index contributed by atoms with van der Waals surface area (Å²) in [6, 6.07) is 7.17. The number of hydrogen-bond donors (Lipinski definition) is 1. The number of fused-ring (bicyclic) bond motifs is 1. The Morgan fingerprint density at radius 1 is 1.38 bits per heavy atom. The van der Waals surface area contributed by atoms with Crippen molar-refractivity contribution in [2.75, 3.05) is 13.6 Å². The molecular formula is C15H19N3O3. The van der Waals surface area contributed by atoms with Gasteiger partial charge in [0.15, 0.2) is 0 Å². The fourth-order valence-electron chi connectivity index (χ4n) is 2.20. The molecular weight excluding hydrogens is 270 g/mol. The molecule has 1 amide bonds. The molecule has 2 aromatic rings. The Hall–Kier alpha value is -2.21. The summed E-state index contributed by atoms with van der Waals surface area (Å²) in [7, 11) is 1.61. The van der Waals surface area contributed by atoms with Crippen LogP contribution in [-0.4, -0.2) is 44.7 Å². The Morgan fingerprint density at radius 3 is 2.71 bits per heavy atom. The number of para-hydroxylation sites is 2. The molecule has 2 rings (SSSR count). The molecule has 1 aromatic carbocycles. The zero-order chi connectivity index (χ0) is 15.6. The van der Waals surface area contributed by atoms with Gasteiger partial charge in [-0.3, -0.25) is 14.2 Å². The van der Waals surface area contributed by atoms with E-state index >= 15 is 0 Å². The van der Waals surface area contributed by atoms with Gasteiger partial charge < -0.3 is 10.0 Å². The average molecular weight is 289 g/mol. The summed E-state index contributed by atoms with van der Waals surface area (Å²) in [4.78, 5) is 29.7. The highest BCUT2D eigenvalue weighted by Gasteiger charge is 2.20. The number of aromatic nitrogens is 2. The Morgan fingerprint density at radius 2 is 2.05 bits per heavy atom. The molecule has 0 radical (unpaired) electrons. The molecule has 6 heteroatoms. The topological polar surface area (TPSA) is 75.4 Å². The maximum Gasteiger partial charge on any atom is 0.269 e. The Labute approximate surface area is 122 Å². The number of nitrogens with zero attached hydrogens (tertiary/aromatic N) is 3. The van der Waals surface area contributed by atoms with Gasteiger partial charge in [-0.1, -0.05) is 12.1 Å². The van der Waals surface area contributed by atoms with Crippen molar-refractivity contribution in [2.45, 2.75) is 26.0 Å². The summed E-state index contributed by atoms with van der Waals surface area (Å²) >= 11 is 0. The number of carbonyl (C=O) groups excluding carboxylic acids is 1. The van der Waals surface area contributed by atoms with Gasteiger partial charge in [-0.25, -0.2) is 4.98 Å². The third-order valence-electron chi connectivity index (χ3n) is 3.10. The number of aliphatic hydroxyl groups is 1. The summed E-state index contributed by atoms with van der Waals surface area (Å²) in [5, 5.41) is 9.76. The Kier molecular flexibility index (Phi) is 4.09. The lowest BCUT2D eigenvalue weighted by molar-refractivity contribution is -0.133. The first-order valence-corrected chi connectivity index (χ1v) is 6.69. The molecule has 0 atom stereocenters. The fourth-order valence-corrected chi connectivity index (χ4v) is 2.20. The largest absolute Gasteiger partial charge is 0.389 e. The zero-order valence-electron chi connectivity index (χ0n) is 12.4. The Bertz CT molecular complexity index is 716. The van der Waals surface area contributed by atoms with E-state index < -0.39 is 5.60 Å². The van der Waals surface area contributed by atoms with Gasteiger partial charge in [-0.05, 0) is 26.0 Å². The zero-order valence-corrected chi connectivity index (χ0v) is 12.4. The quantitative estimate of drug-likeness (QED) is 0.895. The lowest BCUT2D eigenvalue weighted by atomic mass is 10.1. The molecule has 0 bridgehead atoms. The van der Waals surface area contributed by atoms with Crippen molar-refractivity contribution in [3.8, 4) is 0 Å². The van der Waals surface area contributed by atoms with Crippen molar-refractivity contribution in [1.29, 1.82) is 0 Å². The van der Waals surface area contributed by atoms with Crippen LogP contribution in [0.5, 0.6) is 0 Å². The van der Waals surface area contributed by atoms with Crippen molar-refractivity contribution in [3.05, 3.63) is 40.8 Å². The van der Waals surface area contributed by atoms with E-state index in [1.54, 1.807) is 39.1 Å². The second kappa shape index (κ2) is 5.65. The van der Waals surface area contributed by atoms with E-state index in [1.807, 2.05) is 6.07 Å². The van der Waals surface area contributed by atoms with Crippen LogP contribution in [0.25, 0.3) is 11.0 Å². The molecule has 21 heavy (non-hydrogen) atoms. The third kappa shape index (κ3) is 3.66.